The number of phenolic OH excluding ortho intramolecular Hbond substituents is 2. The van der Waals surface area contributed by atoms with Crippen LogP contribution in [0.25, 0.3) is 43.8 Å². The number of fused-ring (bicyclic) bond motifs is 2. The zero-order valence-corrected chi connectivity index (χ0v) is 49.2. The van der Waals surface area contributed by atoms with Crippen LogP contribution in [0.4, 0.5) is 45.5 Å². The van der Waals surface area contributed by atoms with Crippen molar-refractivity contribution in [2.45, 2.75) is 60.6 Å². The summed E-state index contributed by atoms with van der Waals surface area (Å²) in [4.78, 5) is 47.4. The van der Waals surface area contributed by atoms with Crippen molar-refractivity contribution in [2.75, 3.05) is 21.3 Å². The number of aryl methyl sites for hydroxylation is 4. The Kier molecular flexibility index (Phi) is 16.1. The minimum Gasteiger partial charge on any atom is -0.505 e. The molecule has 87 heavy (non-hydrogen) atoms. The van der Waals surface area contributed by atoms with Gasteiger partial charge in [-0.15, -0.1) is 10.2 Å². The Morgan fingerprint density at radius 2 is 0.759 bits per heavy atom. The van der Waals surface area contributed by atoms with Gasteiger partial charge >= 0.3 is 0 Å². The molecule has 2 aliphatic heterocycles. The van der Waals surface area contributed by atoms with Crippen LogP contribution in [0.1, 0.15) is 35.6 Å². The number of anilines is 4. The van der Waals surface area contributed by atoms with E-state index in [2.05, 4.69) is 20.5 Å². The minimum absolute atomic E-state index is 0.177. The molecule has 1 unspecified atom stereocenters. The first-order chi connectivity index (χ1) is 40.6. The van der Waals surface area contributed by atoms with E-state index in [0.717, 1.165) is 44.8 Å². The molecular weight excluding hydrogens is 1210 g/mol. The van der Waals surface area contributed by atoms with Crippen LogP contribution in [-0.4, -0.2) is 85.7 Å². The smallest absolute Gasteiger partial charge is 0.296 e. The molecule has 4 amide bonds. The van der Waals surface area contributed by atoms with Crippen molar-refractivity contribution >= 4 is 131 Å². The Morgan fingerprint density at radius 1 is 0.437 bits per heavy atom. The number of phenols is 2. The molecule has 8 aromatic rings. The van der Waals surface area contributed by atoms with Gasteiger partial charge in [-0.05, 0) is 145 Å². The Morgan fingerprint density at radius 3 is 1.08 bits per heavy atom. The van der Waals surface area contributed by atoms with Gasteiger partial charge < -0.3 is 21.7 Å². The number of nitrogens with two attached hydrogens (primary N) is 2. The van der Waals surface area contributed by atoms with Gasteiger partial charge in [0.15, 0.2) is 11.5 Å². The zero-order chi connectivity index (χ0) is 63.7. The molecule has 1 saturated heterocycles. The van der Waals surface area contributed by atoms with E-state index in [1.165, 1.54) is 29.2 Å². The first-order valence-corrected chi connectivity index (χ1v) is 31.1. The van der Waals surface area contributed by atoms with Crippen LogP contribution >= 0.6 is 0 Å². The Labute approximate surface area is 495 Å². The summed E-state index contributed by atoms with van der Waals surface area (Å²) in [5, 5.41) is 36.6. The molecule has 8 aromatic carbocycles. The van der Waals surface area contributed by atoms with Crippen LogP contribution < -0.4 is 21.3 Å². The predicted octanol–water partition coefficient (Wildman–Crippen LogP) is 9.97. The quantitative estimate of drug-likeness (QED) is 0.0244. The highest BCUT2D eigenvalue weighted by molar-refractivity contribution is 7.87. The van der Waals surface area contributed by atoms with Crippen LogP contribution in [-0.2, 0) is 59.7 Å². The molecule has 10 N–H and O–H groups in total. The third-order valence-electron chi connectivity index (χ3n) is 14.2. The number of nitrogen functional groups attached to an aromatic ring is 2. The third-order valence-corrected chi connectivity index (χ3v) is 17.8. The number of hydrogen-bond acceptors (Lipinski definition) is 20. The first-order valence-electron chi connectivity index (χ1n) is 25.3. The summed E-state index contributed by atoms with van der Waals surface area (Å²) in [7, 11) is -20.1. The van der Waals surface area contributed by atoms with Gasteiger partial charge in [-0.2, -0.15) is 43.9 Å². The predicted molar refractivity (Wildman–Crippen MR) is 318 cm³/mol. The Balaban J connectivity index is 0.000000208. The fourth-order valence-corrected chi connectivity index (χ4v) is 12.8. The van der Waals surface area contributed by atoms with Gasteiger partial charge in [-0.25, -0.2) is 4.90 Å². The molecular formula is C57H48N8O18S4. The molecule has 0 bridgehead atoms. The average molecular weight is 1260 g/mol. The van der Waals surface area contributed by atoms with Crippen molar-refractivity contribution in [3.8, 4) is 33.8 Å². The van der Waals surface area contributed by atoms with E-state index in [-0.39, 0.29) is 46.3 Å². The van der Waals surface area contributed by atoms with E-state index >= 15 is 0 Å². The molecule has 0 aliphatic carbocycles. The Hall–Kier alpha value is -9.66. The van der Waals surface area contributed by atoms with Crippen molar-refractivity contribution in [3.63, 3.8) is 0 Å². The van der Waals surface area contributed by atoms with Gasteiger partial charge in [0, 0.05) is 35.3 Å². The highest BCUT2D eigenvalue weighted by Gasteiger charge is 2.37. The number of carbonyl (C=O) groups excluding carboxylic acids is 4. The van der Waals surface area contributed by atoms with Crippen LogP contribution in [0.2, 0.25) is 0 Å². The molecule has 1 fully saturated rings. The largest absolute Gasteiger partial charge is 0.505 e. The van der Waals surface area contributed by atoms with Crippen LogP contribution in [0, 0.1) is 33.6 Å². The molecule has 26 nitrogen and oxygen atoms in total. The summed E-state index contributed by atoms with van der Waals surface area (Å²) in [6.45, 7) is 8.87. The van der Waals surface area contributed by atoms with E-state index in [1.54, 1.807) is 76.2 Å². The van der Waals surface area contributed by atoms with Gasteiger partial charge in [-0.3, -0.25) is 42.3 Å². The molecule has 2 heterocycles. The van der Waals surface area contributed by atoms with Crippen molar-refractivity contribution in [1.29, 1.82) is 0 Å². The second kappa shape index (κ2) is 22.6. The van der Waals surface area contributed by atoms with Crippen LogP contribution in [0.3, 0.4) is 0 Å². The maximum absolute atomic E-state index is 12.5. The molecule has 2 aliphatic rings. The fourth-order valence-electron chi connectivity index (χ4n) is 9.88. The first kappa shape index (κ1) is 61.9. The number of hydrogen-bond donors (Lipinski definition) is 8. The molecule has 0 radical (unpaired) electrons. The number of amides is 4. The normalized spacial score (nSPS) is 15.0. The lowest BCUT2D eigenvalue weighted by atomic mass is 9.99. The summed E-state index contributed by atoms with van der Waals surface area (Å²) in [6, 6.07) is 26.9. The monoisotopic (exact) mass is 1260 g/mol. The average Bonchev–Trinajstić information content (AvgIpc) is 1.66. The topological polar surface area (TPSA) is 434 Å². The zero-order valence-electron chi connectivity index (χ0n) is 45.9. The van der Waals surface area contributed by atoms with E-state index < -0.39 is 106 Å². The number of aromatic hydroxyl groups is 2. The molecule has 448 valence electrons. The van der Waals surface area contributed by atoms with Gasteiger partial charge in [0.25, 0.3) is 52.3 Å². The maximum Gasteiger partial charge on any atom is 0.296 e. The summed E-state index contributed by atoms with van der Waals surface area (Å²) >= 11 is 0. The standard InChI is InChI=1S/C29H26N4O9S2.C28H22N4O9S2/c1-14-10-17(18-5-9-22(15(2)11-18)33-25(34)12-16(3)29(33)36)4-7-20(14)31-32-21-8-6-19-23(43(37,38)39)13-24(44(40,41)42)27(30)26(19)28(21)35;1-14-11-16(17-4-8-21(15(2)12-17)32-24(33)9-10-25(32)34)3-6-19(14)30-31-20-7-5-18-22(42(36,37)38)13-23(43(39,40)41)27(29)26(18)28(20)35/h4-11,13,16,35H,12,30H2,1-3H3,(H,37,38,39)(H,40,41,42);3-13,35H,29H2,1-2H3,(H,36,37,38)(H,39,40,41). The number of rotatable bonds is 12. The lowest BCUT2D eigenvalue weighted by Crippen LogP contribution is -2.30. The fraction of sp³-hybridized carbons (Fsp3) is 0.123. The van der Waals surface area contributed by atoms with Crippen molar-refractivity contribution in [3.05, 3.63) is 144 Å². The van der Waals surface area contributed by atoms with Gasteiger partial charge in [0.1, 0.15) is 31.0 Å². The Bertz CT molecular complexity index is 4940. The number of carbonyl (C=O) groups is 4. The van der Waals surface area contributed by atoms with E-state index in [4.69, 9.17) is 11.5 Å². The number of azo groups is 2. The molecule has 0 spiro atoms. The van der Waals surface area contributed by atoms with E-state index in [1.807, 2.05) is 31.2 Å². The van der Waals surface area contributed by atoms with Crippen molar-refractivity contribution < 1.29 is 81.3 Å². The van der Waals surface area contributed by atoms with Crippen molar-refractivity contribution in [2.24, 2.45) is 26.4 Å². The molecule has 10 rings (SSSR count). The summed E-state index contributed by atoms with van der Waals surface area (Å²) < 4.78 is 133. The highest BCUT2D eigenvalue weighted by atomic mass is 32.2. The van der Waals surface area contributed by atoms with Gasteiger partial charge in [0.2, 0.25) is 11.8 Å². The molecule has 0 aromatic heterocycles. The minimum atomic E-state index is -5.04. The van der Waals surface area contributed by atoms with Gasteiger partial charge in [0.05, 0.1) is 44.9 Å². The van der Waals surface area contributed by atoms with Gasteiger partial charge in [-0.1, -0.05) is 43.3 Å². The lowest BCUT2D eigenvalue weighted by Gasteiger charge is -2.18. The number of benzene rings is 8. The number of imide groups is 2. The highest BCUT2D eigenvalue weighted by Crippen LogP contribution is 2.46. The molecule has 30 heteroatoms. The third kappa shape index (κ3) is 12.0. The second-order valence-electron chi connectivity index (χ2n) is 20.1. The van der Waals surface area contributed by atoms with E-state index in [9.17, 15) is 81.3 Å². The lowest BCUT2D eigenvalue weighted by molar-refractivity contribution is -0.122. The van der Waals surface area contributed by atoms with Crippen LogP contribution in [0.5, 0.6) is 11.5 Å². The molecule has 0 saturated carbocycles. The van der Waals surface area contributed by atoms with Crippen molar-refractivity contribution in [1.82, 2.24) is 0 Å². The molecule has 1 atom stereocenters. The maximum atomic E-state index is 12.5. The summed E-state index contributed by atoms with van der Waals surface area (Å²) in [5.41, 5.74) is 18.0. The SMILES string of the molecule is Cc1cc(-c2ccc(N3C(=O)C=CC3=O)c(C)c2)ccc1N=Nc1ccc2c(S(=O)(=O)O)cc(S(=O)(=O)O)c(N)c2c1O.Cc1cc(-c2ccc(N3C(=O)CC(C)C3=O)c(C)c2)ccc1N=Nc1ccc2c(S(=O)(=O)O)cc(S(=O)(=O)O)c(N)c2c1O. The van der Waals surface area contributed by atoms with Crippen LogP contribution in [0.15, 0.2) is 161 Å². The van der Waals surface area contributed by atoms with E-state index in [0.29, 0.717) is 51.6 Å². The second-order valence-corrected chi connectivity index (χ2v) is 25.7. The summed E-state index contributed by atoms with van der Waals surface area (Å²) in [6.07, 6.45) is 2.61. The summed E-state index contributed by atoms with van der Waals surface area (Å²) in [5.74, 6) is -3.11. The number of nitrogens with zero attached hydrogens (tertiary/aromatic N) is 6.